The van der Waals surface area contributed by atoms with Crippen molar-refractivity contribution in [1.82, 2.24) is 15.5 Å². The van der Waals surface area contributed by atoms with Gasteiger partial charge in [-0.25, -0.2) is 9.59 Å². The molecule has 0 bridgehead atoms. The number of carboxylic acids is 1. The molecule has 21 heavy (non-hydrogen) atoms. The summed E-state index contributed by atoms with van der Waals surface area (Å²) < 4.78 is 4.77. The van der Waals surface area contributed by atoms with Gasteiger partial charge in [0.1, 0.15) is 18.2 Å². The molecule has 9 nitrogen and oxygen atoms in total. The molecule has 3 amide bonds. The lowest BCUT2D eigenvalue weighted by Gasteiger charge is -2.22. The molecule has 0 unspecified atom stereocenters. The van der Waals surface area contributed by atoms with Crippen LogP contribution in [0.15, 0.2) is 0 Å². The summed E-state index contributed by atoms with van der Waals surface area (Å²) in [6.45, 7) is 1.62. The summed E-state index contributed by atoms with van der Waals surface area (Å²) >= 11 is 0. The Morgan fingerprint density at radius 2 is 2.19 bits per heavy atom. The van der Waals surface area contributed by atoms with E-state index in [1.54, 1.807) is 6.92 Å². The lowest BCUT2D eigenvalue weighted by atomic mass is 10.2. The quantitative estimate of drug-likeness (QED) is 0.591. The van der Waals surface area contributed by atoms with Crippen LogP contribution in [0.5, 0.6) is 0 Å². The van der Waals surface area contributed by atoms with Crippen molar-refractivity contribution in [3.8, 4) is 0 Å². The van der Waals surface area contributed by atoms with E-state index in [2.05, 4.69) is 10.6 Å². The van der Waals surface area contributed by atoms with Crippen LogP contribution >= 0.6 is 0 Å². The SMILES string of the molecule is C[C@@H]1OC(=O)N[C@@H]1C(=O)NCC(=O)N1CCC[C@H]1C(=O)O. The van der Waals surface area contributed by atoms with Gasteiger partial charge in [-0.1, -0.05) is 0 Å². The number of carbonyl (C=O) groups excluding carboxylic acids is 3. The number of hydrogen-bond acceptors (Lipinski definition) is 5. The summed E-state index contributed by atoms with van der Waals surface area (Å²) in [6.07, 6.45) is -0.260. The van der Waals surface area contributed by atoms with Crippen LogP contribution in [0.25, 0.3) is 0 Å². The number of aliphatic carboxylic acids is 1. The molecule has 2 heterocycles. The van der Waals surface area contributed by atoms with Crippen LogP contribution in [-0.2, 0) is 19.1 Å². The lowest BCUT2D eigenvalue weighted by molar-refractivity contribution is -0.148. The molecular weight excluding hydrogens is 282 g/mol. The molecule has 2 rings (SSSR count). The summed E-state index contributed by atoms with van der Waals surface area (Å²) in [4.78, 5) is 47.0. The molecule has 2 saturated heterocycles. The molecule has 0 aromatic rings. The highest BCUT2D eigenvalue weighted by Gasteiger charge is 2.37. The van der Waals surface area contributed by atoms with Crippen LogP contribution in [0.2, 0.25) is 0 Å². The number of hydrogen-bond donors (Lipinski definition) is 3. The second-order valence-electron chi connectivity index (χ2n) is 5.03. The zero-order chi connectivity index (χ0) is 15.6. The predicted octanol–water partition coefficient (Wildman–Crippen LogP) is -1.32. The van der Waals surface area contributed by atoms with Gasteiger partial charge in [-0.2, -0.15) is 0 Å². The second-order valence-corrected chi connectivity index (χ2v) is 5.03. The normalized spacial score (nSPS) is 28.0. The maximum absolute atomic E-state index is 12.0. The van der Waals surface area contributed by atoms with E-state index in [-0.39, 0.29) is 6.54 Å². The molecule has 2 aliphatic heterocycles. The monoisotopic (exact) mass is 299 g/mol. The van der Waals surface area contributed by atoms with Gasteiger partial charge in [0.15, 0.2) is 0 Å². The topological polar surface area (TPSA) is 125 Å². The zero-order valence-corrected chi connectivity index (χ0v) is 11.5. The van der Waals surface area contributed by atoms with Crippen molar-refractivity contribution in [2.45, 2.75) is 38.0 Å². The van der Waals surface area contributed by atoms with Crippen molar-refractivity contribution in [3.05, 3.63) is 0 Å². The first-order chi connectivity index (χ1) is 9.90. The second kappa shape index (κ2) is 5.98. The maximum atomic E-state index is 12.0. The van der Waals surface area contributed by atoms with Crippen LogP contribution in [0.3, 0.4) is 0 Å². The van der Waals surface area contributed by atoms with Crippen molar-refractivity contribution >= 4 is 23.9 Å². The fraction of sp³-hybridized carbons (Fsp3) is 0.667. The molecular formula is C12H17N3O6. The molecule has 2 fully saturated rings. The van der Waals surface area contributed by atoms with Gasteiger partial charge in [-0.05, 0) is 19.8 Å². The average molecular weight is 299 g/mol. The Kier molecular flexibility index (Phi) is 4.29. The van der Waals surface area contributed by atoms with E-state index < -0.39 is 42.1 Å². The Balaban J connectivity index is 1.85. The minimum atomic E-state index is -1.04. The number of likely N-dealkylation sites (tertiary alicyclic amines) is 1. The van der Waals surface area contributed by atoms with Crippen LogP contribution in [0.4, 0.5) is 4.79 Å². The Morgan fingerprint density at radius 1 is 1.48 bits per heavy atom. The third kappa shape index (κ3) is 3.23. The van der Waals surface area contributed by atoms with Gasteiger partial charge in [0.05, 0.1) is 6.54 Å². The van der Waals surface area contributed by atoms with Crippen LogP contribution < -0.4 is 10.6 Å². The number of rotatable bonds is 4. The fourth-order valence-electron chi connectivity index (χ4n) is 2.49. The van der Waals surface area contributed by atoms with Gasteiger partial charge < -0.3 is 25.4 Å². The summed E-state index contributed by atoms with van der Waals surface area (Å²) in [5, 5.41) is 13.7. The summed E-state index contributed by atoms with van der Waals surface area (Å²) in [5.74, 6) is -2.03. The summed E-state index contributed by atoms with van der Waals surface area (Å²) in [5.41, 5.74) is 0. The van der Waals surface area contributed by atoms with E-state index in [1.165, 1.54) is 4.90 Å². The predicted molar refractivity (Wildman–Crippen MR) is 68.2 cm³/mol. The molecule has 0 saturated carbocycles. The average Bonchev–Trinajstić information content (AvgIpc) is 3.02. The molecule has 3 N–H and O–H groups in total. The van der Waals surface area contributed by atoms with E-state index in [0.29, 0.717) is 19.4 Å². The number of ether oxygens (including phenoxy) is 1. The van der Waals surface area contributed by atoms with Crippen molar-refractivity contribution in [2.24, 2.45) is 0 Å². The van der Waals surface area contributed by atoms with Crippen LogP contribution in [-0.4, -0.2) is 65.2 Å². The van der Waals surface area contributed by atoms with E-state index in [1.807, 2.05) is 0 Å². The Hall–Kier alpha value is -2.32. The van der Waals surface area contributed by atoms with E-state index in [9.17, 15) is 19.2 Å². The Bertz CT molecular complexity index is 480. The number of nitrogens with zero attached hydrogens (tertiary/aromatic N) is 1. The first-order valence-electron chi connectivity index (χ1n) is 6.67. The third-order valence-corrected chi connectivity index (χ3v) is 3.59. The molecule has 2 aliphatic rings. The van der Waals surface area contributed by atoms with Crippen molar-refractivity contribution in [3.63, 3.8) is 0 Å². The van der Waals surface area contributed by atoms with Crippen molar-refractivity contribution in [1.29, 1.82) is 0 Å². The molecule has 9 heteroatoms. The minimum absolute atomic E-state index is 0.304. The highest BCUT2D eigenvalue weighted by Crippen LogP contribution is 2.17. The summed E-state index contributed by atoms with van der Waals surface area (Å²) in [7, 11) is 0. The van der Waals surface area contributed by atoms with E-state index >= 15 is 0 Å². The Labute approximate surface area is 120 Å². The first-order valence-corrected chi connectivity index (χ1v) is 6.67. The number of carboxylic acid groups (broad SMARTS) is 1. The standard InChI is InChI=1S/C12H17N3O6/c1-6-9(14-12(20)21-6)10(17)13-5-8(16)15-4-2-3-7(15)11(18)19/h6-7,9H,2-5H2,1H3,(H,13,17)(H,14,20)(H,18,19)/t6-,7-,9-/m0/s1. The zero-order valence-electron chi connectivity index (χ0n) is 11.5. The largest absolute Gasteiger partial charge is 0.480 e. The van der Waals surface area contributed by atoms with E-state index in [0.717, 1.165) is 0 Å². The fourth-order valence-corrected chi connectivity index (χ4v) is 2.49. The number of cyclic esters (lactones) is 1. The molecule has 116 valence electrons. The number of nitrogens with one attached hydrogen (secondary N) is 2. The number of carbonyl (C=O) groups is 4. The van der Waals surface area contributed by atoms with Gasteiger partial charge in [0, 0.05) is 6.54 Å². The maximum Gasteiger partial charge on any atom is 0.408 e. The highest BCUT2D eigenvalue weighted by molar-refractivity contribution is 5.92. The van der Waals surface area contributed by atoms with Crippen molar-refractivity contribution < 1.29 is 29.0 Å². The Morgan fingerprint density at radius 3 is 2.76 bits per heavy atom. The van der Waals surface area contributed by atoms with Gasteiger partial charge in [0.2, 0.25) is 11.8 Å². The van der Waals surface area contributed by atoms with Gasteiger partial charge in [-0.3, -0.25) is 9.59 Å². The lowest BCUT2D eigenvalue weighted by Crippen LogP contribution is -2.50. The van der Waals surface area contributed by atoms with E-state index in [4.69, 9.17) is 9.84 Å². The summed E-state index contributed by atoms with van der Waals surface area (Å²) in [6, 6.07) is -1.68. The van der Waals surface area contributed by atoms with Gasteiger partial charge in [0.25, 0.3) is 0 Å². The van der Waals surface area contributed by atoms with Gasteiger partial charge in [-0.15, -0.1) is 0 Å². The number of amides is 3. The third-order valence-electron chi connectivity index (χ3n) is 3.59. The molecule has 0 spiro atoms. The van der Waals surface area contributed by atoms with Crippen molar-refractivity contribution in [2.75, 3.05) is 13.1 Å². The molecule has 3 atom stereocenters. The first kappa shape index (κ1) is 15.1. The number of alkyl carbamates (subject to hydrolysis) is 1. The minimum Gasteiger partial charge on any atom is -0.480 e. The molecule has 0 aliphatic carbocycles. The van der Waals surface area contributed by atoms with Crippen LogP contribution in [0.1, 0.15) is 19.8 Å². The molecule has 0 aromatic heterocycles. The molecule has 0 radical (unpaired) electrons. The molecule has 0 aromatic carbocycles. The van der Waals surface area contributed by atoms with Gasteiger partial charge >= 0.3 is 12.1 Å². The van der Waals surface area contributed by atoms with Crippen LogP contribution in [0, 0.1) is 0 Å². The smallest absolute Gasteiger partial charge is 0.408 e. The highest BCUT2D eigenvalue weighted by atomic mass is 16.6.